The Morgan fingerprint density at radius 3 is 1.74 bits per heavy atom. The number of hydrogen-bond acceptors (Lipinski definition) is 8. The zero-order valence-corrected chi connectivity index (χ0v) is 32.1. The van der Waals surface area contributed by atoms with Gasteiger partial charge in [0.05, 0.1) is 45.2 Å². The van der Waals surface area contributed by atoms with E-state index in [4.69, 9.17) is 28.4 Å². The van der Waals surface area contributed by atoms with E-state index in [0.717, 1.165) is 27.8 Å². The third-order valence-corrected chi connectivity index (χ3v) is 9.82. The van der Waals surface area contributed by atoms with Crippen molar-refractivity contribution in [2.24, 2.45) is 0 Å². The lowest BCUT2D eigenvalue weighted by Crippen LogP contribution is -2.60. The minimum atomic E-state index is -0.972. The Morgan fingerprint density at radius 2 is 1.20 bits per heavy atom. The van der Waals surface area contributed by atoms with Gasteiger partial charge in [0.1, 0.15) is 35.7 Å². The van der Waals surface area contributed by atoms with E-state index in [0.29, 0.717) is 39.3 Å². The third-order valence-electron chi connectivity index (χ3n) is 9.82. The molecule has 4 aromatic carbocycles. The van der Waals surface area contributed by atoms with E-state index in [1.807, 2.05) is 126 Å². The van der Waals surface area contributed by atoms with Crippen LogP contribution in [0.3, 0.4) is 0 Å². The summed E-state index contributed by atoms with van der Waals surface area (Å²) < 4.78 is 37.8. The second kappa shape index (κ2) is 18.0. The molecule has 2 fully saturated rings. The first kappa shape index (κ1) is 39.6. The highest BCUT2D eigenvalue weighted by Crippen LogP contribution is 2.33. The minimum Gasteiger partial charge on any atom is -0.444 e. The molecule has 2 saturated heterocycles. The monoisotopic (exact) mass is 737 g/mol. The lowest BCUT2D eigenvalue weighted by atomic mass is 9.90. The van der Waals surface area contributed by atoms with Crippen LogP contribution in [0.2, 0.25) is 0 Å². The van der Waals surface area contributed by atoms with Crippen molar-refractivity contribution in [2.75, 3.05) is 13.2 Å². The summed E-state index contributed by atoms with van der Waals surface area (Å²) in [5, 5.41) is 12.0. The van der Waals surface area contributed by atoms with E-state index in [2.05, 4.69) is 24.3 Å². The second-order valence-corrected chi connectivity index (χ2v) is 15.7. The van der Waals surface area contributed by atoms with Crippen LogP contribution < -0.4 is 0 Å². The Morgan fingerprint density at radius 1 is 0.704 bits per heavy atom. The molecule has 0 unspecified atom stereocenters. The van der Waals surface area contributed by atoms with Crippen LogP contribution in [-0.2, 0) is 61.1 Å². The average Bonchev–Trinajstić information content (AvgIpc) is 3.46. The highest BCUT2D eigenvalue weighted by Gasteiger charge is 2.47. The lowest BCUT2D eigenvalue weighted by molar-refractivity contribution is -0.260. The van der Waals surface area contributed by atoms with Gasteiger partial charge in [-0.3, -0.25) is 4.90 Å². The molecule has 9 heteroatoms. The van der Waals surface area contributed by atoms with Crippen LogP contribution in [0.4, 0.5) is 4.79 Å². The van der Waals surface area contributed by atoms with Crippen molar-refractivity contribution in [1.29, 1.82) is 0 Å². The molecule has 9 nitrogen and oxygen atoms in total. The van der Waals surface area contributed by atoms with Crippen molar-refractivity contribution in [2.45, 2.75) is 115 Å². The lowest BCUT2D eigenvalue weighted by Gasteiger charge is -2.44. The van der Waals surface area contributed by atoms with Crippen molar-refractivity contribution < 1.29 is 38.3 Å². The Balaban J connectivity index is 1.18. The van der Waals surface area contributed by atoms with Gasteiger partial charge in [0.15, 0.2) is 0 Å². The van der Waals surface area contributed by atoms with Crippen molar-refractivity contribution in [3.05, 3.63) is 143 Å². The molecule has 1 N–H and O–H groups in total. The topological polar surface area (TPSA) is 95.9 Å². The van der Waals surface area contributed by atoms with E-state index < -0.39 is 41.8 Å². The predicted molar refractivity (Wildman–Crippen MR) is 207 cm³/mol. The summed E-state index contributed by atoms with van der Waals surface area (Å²) in [5.74, 6) is 0. The van der Waals surface area contributed by atoms with E-state index >= 15 is 0 Å². The van der Waals surface area contributed by atoms with Gasteiger partial charge in [-0.15, -0.1) is 0 Å². The molecule has 0 saturated carbocycles. The molecule has 6 atom stereocenters. The SMILES string of the molecule is CC(C)(C)OC(=O)N1[C@@H](Cc2ccc(C[C@@H]3O[C@H](COCc4ccccc4)[C@@H](OCc4ccccc4)[C@H](OCc4ccccc4)[C@H]3O)cc2)COC1(C)C. The van der Waals surface area contributed by atoms with E-state index in [1.54, 1.807) is 4.90 Å². The van der Waals surface area contributed by atoms with Crippen molar-refractivity contribution in [1.82, 2.24) is 4.90 Å². The average molecular weight is 738 g/mol. The number of aliphatic hydroxyl groups is 1. The molecule has 4 aromatic rings. The summed E-state index contributed by atoms with van der Waals surface area (Å²) >= 11 is 0. The van der Waals surface area contributed by atoms with Gasteiger partial charge in [0.25, 0.3) is 0 Å². The molecule has 0 spiro atoms. The van der Waals surface area contributed by atoms with Crippen molar-refractivity contribution in [3.8, 4) is 0 Å². The summed E-state index contributed by atoms with van der Waals surface area (Å²) in [7, 11) is 0. The van der Waals surface area contributed by atoms with Gasteiger partial charge in [-0.2, -0.15) is 0 Å². The maximum absolute atomic E-state index is 13.2. The zero-order valence-electron chi connectivity index (χ0n) is 32.1. The molecule has 0 aromatic heterocycles. The Labute approximate surface area is 320 Å². The largest absolute Gasteiger partial charge is 0.444 e. The Hall–Kier alpha value is -4.09. The molecule has 6 rings (SSSR count). The van der Waals surface area contributed by atoms with Gasteiger partial charge in [-0.25, -0.2) is 4.79 Å². The highest BCUT2D eigenvalue weighted by atomic mass is 16.6. The molecule has 0 bridgehead atoms. The first-order chi connectivity index (χ1) is 25.9. The maximum atomic E-state index is 13.2. The van der Waals surface area contributed by atoms with E-state index in [-0.39, 0.29) is 18.7 Å². The Bertz CT molecular complexity index is 1730. The maximum Gasteiger partial charge on any atom is 0.412 e. The number of rotatable bonds is 14. The fourth-order valence-electron chi connectivity index (χ4n) is 7.13. The van der Waals surface area contributed by atoms with Gasteiger partial charge >= 0.3 is 6.09 Å². The molecule has 0 aliphatic carbocycles. The van der Waals surface area contributed by atoms with E-state index in [9.17, 15) is 9.90 Å². The molecule has 54 heavy (non-hydrogen) atoms. The molecular weight excluding hydrogens is 682 g/mol. The van der Waals surface area contributed by atoms with Crippen LogP contribution in [0.15, 0.2) is 115 Å². The van der Waals surface area contributed by atoms with Crippen LogP contribution in [-0.4, -0.2) is 77.2 Å². The number of hydrogen-bond donors (Lipinski definition) is 1. The number of nitrogens with zero attached hydrogens (tertiary/aromatic N) is 1. The number of carbonyl (C=O) groups is 1. The molecule has 2 heterocycles. The van der Waals surface area contributed by atoms with E-state index in [1.165, 1.54) is 0 Å². The van der Waals surface area contributed by atoms with Gasteiger partial charge in [0.2, 0.25) is 0 Å². The van der Waals surface area contributed by atoms with Gasteiger partial charge in [0, 0.05) is 6.42 Å². The van der Waals surface area contributed by atoms with Gasteiger partial charge < -0.3 is 33.5 Å². The number of ether oxygens (including phenoxy) is 6. The first-order valence-corrected chi connectivity index (χ1v) is 19.0. The number of amides is 1. The van der Waals surface area contributed by atoms with Crippen LogP contribution in [0.1, 0.15) is 62.4 Å². The third kappa shape index (κ3) is 10.8. The summed E-state index contributed by atoms with van der Waals surface area (Å²) in [6.07, 6.45) is -2.64. The van der Waals surface area contributed by atoms with Crippen LogP contribution in [0.25, 0.3) is 0 Å². The van der Waals surface area contributed by atoms with Crippen LogP contribution in [0.5, 0.6) is 0 Å². The summed E-state index contributed by atoms with van der Waals surface area (Å²) in [6, 6.07) is 38.0. The molecular formula is C45H55NO8. The summed E-state index contributed by atoms with van der Waals surface area (Å²) in [6.45, 7) is 11.1. The van der Waals surface area contributed by atoms with Crippen molar-refractivity contribution in [3.63, 3.8) is 0 Å². The standard InChI is InChI=1S/C45H55NO8/c1-44(2,3)54-43(48)46-37(30-52-45(46,4)5)25-32-21-23-33(24-22-32)26-38-40(47)42(51-29-36-19-13-8-14-20-36)41(50-28-35-17-11-7-12-18-35)39(53-38)31-49-27-34-15-9-6-10-16-34/h6-24,37-42,47H,25-31H2,1-5H3/t37-,38-,39+,40-,41+,42+/m0/s1. The molecule has 1 amide bonds. The number of aliphatic hydroxyl groups excluding tert-OH is 1. The van der Waals surface area contributed by atoms with Crippen LogP contribution >= 0.6 is 0 Å². The normalized spacial score (nSPS) is 24.0. The second-order valence-electron chi connectivity index (χ2n) is 15.7. The first-order valence-electron chi connectivity index (χ1n) is 19.0. The molecule has 288 valence electrons. The number of carbonyl (C=O) groups excluding carboxylic acids is 1. The van der Waals surface area contributed by atoms with Crippen molar-refractivity contribution >= 4 is 6.09 Å². The fraction of sp³-hybridized carbons (Fsp3) is 0.444. The summed E-state index contributed by atoms with van der Waals surface area (Å²) in [5.41, 5.74) is 3.76. The fourth-order valence-corrected chi connectivity index (χ4v) is 7.13. The number of benzene rings is 4. The predicted octanol–water partition coefficient (Wildman–Crippen LogP) is 7.66. The Kier molecular flexibility index (Phi) is 13.2. The molecule has 2 aliphatic rings. The smallest absolute Gasteiger partial charge is 0.412 e. The molecule has 2 aliphatic heterocycles. The zero-order chi connectivity index (χ0) is 38.1. The van der Waals surface area contributed by atoms with Crippen LogP contribution in [0, 0.1) is 0 Å². The summed E-state index contributed by atoms with van der Waals surface area (Å²) in [4.78, 5) is 14.9. The van der Waals surface area contributed by atoms with Gasteiger partial charge in [-0.05, 0) is 68.9 Å². The molecule has 0 radical (unpaired) electrons. The minimum absolute atomic E-state index is 0.170. The highest BCUT2D eigenvalue weighted by molar-refractivity contribution is 5.69. The van der Waals surface area contributed by atoms with Gasteiger partial charge in [-0.1, -0.05) is 115 Å². The quantitative estimate of drug-likeness (QED) is 0.141.